The molecule has 0 aliphatic heterocycles. The quantitative estimate of drug-likeness (QED) is 0.906. The monoisotopic (exact) mass is 285 g/mol. The summed E-state index contributed by atoms with van der Waals surface area (Å²) in [4.78, 5) is 11.6. The first-order valence-corrected chi connectivity index (χ1v) is 6.49. The molecule has 1 heterocycles. The van der Waals surface area contributed by atoms with Crippen LogP contribution in [0, 0.1) is 17.1 Å². The third kappa shape index (κ3) is 3.00. The lowest BCUT2D eigenvalue weighted by Gasteiger charge is -2.04. The van der Waals surface area contributed by atoms with Crippen molar-refractivity contribution in [3.8, 4) is 11.8 Å². The second-order valence-corrected chi connectivity index (χ2v) is 4.80. The molecular weight excluding hydrogens is 273 g/mol. The standard InChI is InChI=1S/C14H12FN5O/c15-11-7-9(8-16)1-4-12(11)20-6-5-13(19-20)18-14(21)17-10-2-3-10/h1,4-7,10H,2-3H2,(H2,17,18,19,21). The van der Waals surface area contributed by atoms with E-state index >= 15 is 0 Å². The van der Waals surface area contributed by atoms with E-state index in [1.807, 2.05) is 6.07 Å². The number of aromatic nitrogens is 2. The molecule has 1 aromatic heterocycles. The number of benzene rings is 1. The van der Waals surface area contributed by atoms with E-state index in [-0.39, 0.29) is 23.3 Å². The fraction of sp³-hybridized carbons (Fsp3) is 0.214. The molecule has 106 valence electrons. The number of nitriles is 1. The molecule has 0 saturated heterocycles. The number of nitrogens with zero attached hydrogens (tertiary/aromatic N) is 3. The van der Waals surface area contributed by atoms with Gasteiger partial charge in [0.05, 0.1) is 11.6 Å². The van der Waals surface area contributed by atoms with Crippen LogP contribution in [0.3, 0.4) is 0 Å². The van der Waals surface area contributed by atoms with E-state index in [1.165, 1.54) is 23.0 Å². The van der Waals surface area contributed by atoms with Gasteiger partial charge in [-0.25, -0.2) is 13.9 Å². The molecule has 21 heavy (non-hydrogen) atoms. The third-order valence-electron chi connectivity index (χ3n) is 3.07. The zero-order chi connectivity index (χ0) is 14.8. The van der Waals surface area contributed by atoms with Crippen LogP contribution in [0.1, 0.15) is 18.4 Å². The first-order valence-electron chi connectivity index (χ1n) is 6.49. The summed E-state index contributed by atoms with van der Waals surface area (Å²) in [6.07, 6.45) is 3.54. The average Bonchev–Trinajstić information content (AvgIpc) is 3.15. The largest absolute Gasteiger partial charge is 0.335 e. The molecule has 2 N–H and O–H groups in total. The summed E-state index contributed by atoms with van der Waals surface area (Å²) in [6, 6.07) is 7.49. The minimum atomic E-state index is -0.550. The number of rotatable bonds is 3. The maximum Gasteiger partial charge on any atom is 0.320 e. The number of hydrogen-bond acceptors (Lipinski definition) is 3. The molecule has 0 spiro atoms. The van der Waals surface area contributed by atoms with Crippen molar-refractivity contribution in [3.05, 3.63) is 41.8 Å². The molecule has 1 aliphatic carbocycles. The summed E-state index contributed by atoms with van der Waals surface area (Å²) in [7, 11) is 0. The fourth-order valence-corrected chi connectivity index (χ4v) is 1.85. The Balaban J connectivity index is 1.75. The molecule has 0 bridgehead atoms. The van der Waals surface area contributed by atoms with Gasteiger partial charge in [0.15, 0.2) is 5.82 Å². The second-order valence-electron chi connectivity index (χ2n) is 4.80. The number of amides is 2. The molecule has 0 unspecified atom stereocenters. The highest BCUT2D eigenvalue weighted by atomic mass is 19.1. The smallest absolute Gasteiger partial charge is 0.320 e. The number of carbonyl (C=O) groups excluding carboxylic acids is 1. The summed E-state index contributed by atoms with van der Waals surface area (Å²) in [5.41, 5.74) is 0.454. The summed E-state index contributed by atoms with van der Waals surface area (Å²) >= 11 is 0. The van der Waals surface area contributed by atoms with Gasteiger partial charge >= 0.3 is 6.03 Å². The summed E-state index contributed by atoms with van der Waals surface area (Å²) in [5, 5.41) is 18.2. The summed E-state index contributed by atoms with van der Waals surface area (Å²) in [6.45, 7) is 0. The van der Waals surface area contributed by atoms with E-state index in [2.05, 4.69) is 15.7 Å². The highest BCUT2D eigenvalue weighted by Gasteiger charge is 2.23. The zero-order valence-corrected chi connectivity index (χ0v) is 11.0. The molecule has 1 fully saturated rings. The van der Waals surface area contributed by atoms with Gasteiger partial charge in [0.25, 0.3) is 0 Å². The van der Waals surface area contributed by atoms with Gasteiger partial charge in [-0.05, 0) is 31.0 Å². The topological polar surface area (TPSA) is 82.7 Å². The van der Waals surface area contributed by atoms with Crippen molar-refractivity contribution in [2.24, 2.45) is 0 Å². The lowest BCUT2D eigenvalue weighted by molar-refractivity contribution is 0.251. The Bertz CT molecular complexity index is 729. The Morgan fingerprint density at radius 2 is 2.24 bits per heavy atom. The molecule has 3 rings (SSSR count). The van der Waals surface area contributed by atoms with Gasteiger partial charge in [0.1, 0.15) is 11.5 Å². The van der Waals surface area contributed by atoms with Gasteiger partial charge in [0, 0.05) is 18.3 Å². The maximum atomic E-state index is 13.9. The Morgan fingerprint density at radius 1 is 1.43 bits per heavy atom. The van der Waals surface area contributed by atoms with Crippen LogP contribution in [0.15, 0.2) is 30.5 Å². The van der Waals surface area contributed by atoms with E-state index in [4.69, 9.17) is 5.26 Å². The normalized spacial score (nSPS) is 13.5. The highest BCUT2D eigenvalue weighted by molar-refractivity contribution is 5.88. The van der Waals surface area contributed by atoms with Crippen LogP contribution >= 0.6 is 0 Å². The van der Waals surface area contributed by atoms with Gasteiger partial charge in [0.2, 0.25) is 0 Å². The Morgan fingerprint density at radius 3 is 2.90 bits per heavy atom. The molecule has 2 aromatic rings. The molecule has 1 saturated carbocycles. The lowest BCUT2D eigenvalue weighted by Crippen LogP contribution is -2.30. The summed E-state index contributed by atoms with van der Waals surface area (Å²) < 4.78 is 15.2. The minimum Gasteiger partial charge on any atom is -0.335 e. The predicted octanol–water partition coefficient (Wildman–Crippen LogP) is 2.17. The number of hydrogen-bond donors (Lipinski definition) is 2. The van der Waals surface area contributed by atoms with Gasteiger partial charge in [-0.1, -0.05) is 0 Å². The highest BCUT2D eigenvalue weighted by Crippen LogP contribution is 2.19. The van der Waals surface area contributed by atoms with Crippen LogP contribution in [-0.2, 0) is 0 Å². The van der Waals surface area contributed by atoms with E-state index < -0.39 is 5.82 Å². The van der Waals surface area contributed by atoms with Crippen molar-refractivity contribution in [1.29, 1.82) is 5.26 Å². The van der Waals surface area contributed by atoms with Crippen LogP contribution in [0.4, 0.5) is 15.0 Å². The maximum absolute atomic E-state index is 13.9. The van der Waals surface area contributed by atoms with Crippen LogP contribution in [-0.4, -0.2) is 21.9 Å². The van der Waals surface area contributed by atoms with E-state index in [9.17, 15) is 9.18 Å². The van der Waals surface area contributed by atoms with Crippen molar-refractivity contribution < 1.29 is 9.18 Å². The summed E-state index contributed by atoms with van der Waals surface area (Å²) in [5.74, 6) is -0.219. The molecule has 2 amide bonds. The van der Waals surface area contributed by atoms with Crippen LogP contribution < -0.4 is 10.6 Å². The number of urea groups is 1. The Labute approximate surface area is 120 Å². The molecule has 0 radical (unpaired) electrons. The minimum absolute atomic E-state index is 0.213. The fourth-order valence-electron chi connectivity index (χ4n) is 1.85. The molecule has 1 aromatic carbocycles. The third-order valence-corrected chi connectivity index (χ3v) is 3.07. The molecule has 6 nitrogen and oxygen atoms in total. The Hall–Kier alpha value is -2.88. The second kappa shape index (κ2) is 5.25. The number of halogens is 1. The van der Waals surface area contributed by atoms with Crippen LogP contribution in [0.25, 0.3) is 5.69 Å². The number of anilines is 1. The lowest BCUT2D eigenvalue weighted by atomic mass is 10.2. The van der Waals surface area contributed by atoms with E-state index in [1.54, 1.807) is 6.07 Å². The Kier molecular flexibility index (Phi) is 3.28. The van der Waals surface area contributed by atoms with Crippen molar-refractivity contribution in [1.82, 2.24) is 15.1 Å². The molecule has 0 atom stereocenters. The van der Waals surface area contributed by atoms with Gasteiger partial charge in [-0.15, -0.1) is 5.10 Å². The zero-order valence-electron chi connectivity index (χ0n) is 11.0. The van der Waals surface area contributed by atoms with Gasteiger partial charge in [-0.3, -0.25) is 5.32 Å². The van der Waals surface area contributed by atoms with Crippen LogP contribution in [0.2, 0.25) is 0 Å². The van der Waals surface area contributed by atoms with E-state index in [0.29, 0.717) is 5.82 Å². The number of carbonyl (C=O) groups is 1. The van der Waals surface area contributed by atoms with E-state index in [0.717, 1.165) is 18.9 Å². The molecular formula is C14H12FN5O. The van der Waals surface area contributed by atoms with Crippen molar-refractivity contribution >= 4 is 11.8 Å². The van der Waals surface area contributed by atoms with Crippen LogP contribution in [0.5, 0.6) is 0 Å². The van der Waals surface area contributed by atoms with Crippen molar-refractivity contribution in [3.63, 3.8) is 0 Å². The molecule has 7 heteroatoms. The predicted molar refractivity (Wildman–Crippen MR) is 73.4 cm³/mol. The van der Waals surface area contributed by atoms with Crippen molar-refractivity contribution in [2.45, 2.75) is 18.9 Å². The SMILES string of the molecule is N#Cc1ccc(-n2ccc(NC(=O)NC3CC3)n2)c(F)c1. The first kappa shape index (κ1) is 13.1. The van der Waals surface area contributed by atoms with Gasteiger partial charge in [-0.2, -0.15) is 5.26 Å². The number of nitrogens with one attached hydrogen (secondary N) is 2. The van der Waals surface area contributed by atoms with Crippen molar-refractivity contribution in [2.75, 3.05) is 5.32 Å². The average molecular weight is 285 g/mol. The van der Waals surface area contributed by atoms with Gasteiger partial charge < -0.3 is 5.32 Å². The first-order chi connectivity index (χ1) is 10.2. The molecule has 1 aliphatic rings.